The highest BCUT2D eigenvalue weighted by Crippen LogP contribution is 2.21. The first-order valence-corrected chi connectivity index (χ1v) is 6.03. The number of halogens is 1. The van der Waals surface area contributed by atoms with Crippen LogP contribution in [0.1, 0.15) is 5.56 Å². The topological polar surface area (TPSA) is 130 Å². The number of rotatable bonds is 4. The van der Waals surface area contributed by atoms with Crippen LogP contribution in [-0.4, -0.2) is 0 Å². The van der Waals surface area contributed by atoms with Gasteiger partial charge in [-0.25, -0.2) is 9.48 Å². The van der Waals surface area contributed by atoms with Crippen LogP contribution in [-0.2, 0) is 11.1 Å². The van der Waals surface area contributed by atoms with Crippen molar-refractivity contribution >= 4 is 13.3 Å². The van der Waals surface area contributed by atoms with Gasteiger partial charge < -0.3 is 0 Å². The van der Waals surface area contributed by atoms with Gasteiger partial charge in [0.1, 0.15) is 5.82 Å². The first kappa shape index (κ1) is 12.6. The number of benzene rings is 1. The van der Waals surface area contributed by atoms with E-state index in [2.05, 4.69) is 15.1 Å². The van der Waals surface area contributed by atoms with Crippen molar-refractivity contribution in [2.24, 2.45) is 16.1 Å². The zero-order chi connectivity index (χ0) is 12.2. The summed E-state index contributed by atoms with van der Waals surface area (Å²) in [6.45, 7) is -0.0628. The number of hydrogen-bond donors (Lipinski definition) is 3. The summed E-state index contributed by atoms with van der Waals surface area (Å²) in [7, 11) is -3.37. The minimum absolute atomic E-state index is 0.0628. The highest BCUT2D eigenvalue weighted by Gasteiger charge is 2.09. The minimum atomic E-state index is -3.37. The van der Waals surface area contributed by atoms with Gasteiger partial charge >= 0.3 is 0 Å². The van der Waals surface area contributed by atoms with Gasteiger partial charge in [-0.05, 0) is 11.6 Å². The molecule has 5 N–H and O–H groups in total. The van der Waals surface area contributed by atoms with E-state index in [-0.39, 0.29) is 17.8 Å². The molecule has 0 saturated carbocycles. The molecule has 0 bridgehead atoms. The Morgan fingerprint density at radius 1 is 1.56 bits per heavy atom. The van der Waals surface area contributed by atoms with Gasteiger partial charge in [0.05, 0.1) is 0 Å². The molecule has 1 rings (SSSR count). The number of nitrogens with zero attached hydrogens (tertiary/aromatic N) is 3. The molecule has 0 aliphatic heterocycles. The van der Waals surface area contributed by atoms with Crippen molar-refractivity contribution in [1.29, 1.82) is 0 Å². The molecule has 0 radical (unpaired) electrons. The van der Waals surface area contributed by atoms with E-state index in [1.807, 2.05) is 0 Å². The van der Waals surface area contributed by atoms with Crippen LogP contribution in [0.4, 0.5) is 10.1 Å². The maximum absolute atomic E-state index is 13.4. The second-order valence-electron chi connectivity index (χ2n) is 3.01. The zero-order valence-electron chi connectivity index (χ0n) is 8.17. The van der Waals surface area contributed by atoms with Gasteiger partial charge in [0.25, 0.3) is 7.59 Å². The molecule has 9 heteroatoms. The molecule has 0 spiro atoms. The average Bonchev–Trinajstić information content (AvgIpc) is 2.15. The molecule has 7 nitrogen and oxygen atoms in total. The molecule has 0 unspecified atom stereocenters. The predicted octanol–water partition coefficient (Wildman–Crippen LogP) is 1.88. The molecule has 0 fully saturated rings. The van der Waals surface area contributed by atoms with E-state index in [1.54, 1.807) is 0 Å². The Bertz CT molecular complexity index is 480. The van der Waals surface area contributed by atoms with E-state index in [9.17, 15) is 8.96 Å². The van der Waals surface area contributed by atoms with Gasteiger partial charge in [0.2, 0.25) is 0 Å². The van der Waals surface area contributed by atoms with Crippen LogP contribution in [0, 0.1) is 5.82 Å². The molecule has 0 aliphatic carbocycles. The van der Waals surface area contributed by atoms with E-state index in [1.165, 1.54) is 12.1 Å². The minimum Gasteiger partial charge on any atom is -0.271 e. The van der Waals surface area contributed by atoms with Crippen LogP contribution in [0.2, 0.25) is 0 Å². The van der Waals surface area contributed by atoms with Crippen LogP contribution in [0.5, 0.6) is 0 Å². The number of nitrogens with one attached hydrogen (secondary N) is 1. The summed E-state index contributed by atoms with van der Waals surface area (Å²) in [6.07, 6.45) is 0. The number of azide groups is 1. The lowest BCUT2D eigenvalue weighted by atomic mass is 10.2. The van der Waals surface area contributed by atoms with E-state index >= 15 is 0 Å². The van der Waals surface area contributed by atoms with E-state index < -0.39 is 13.4 Å². The van der Waals surface area contributed by atoms with E-state index in [0.717, 1.165) is 6.07 Å². The SMILES string of the molecule is [N-]=[N+]=Nc1ccc(CNP(N)(N)=O)c(F)c1. The Morgan fingerprint density at radius 2 is 2.25 bits per heavy atom. The Kier molecular flexibility index (Phi) is 4.00. The Morgan fingerprint density at radius 3 is 2.75 bits per heavy atom. The smallest absolute Gasteiger partial charge is 0.271 e. The van der Waals surface area contributed by atoms with Gasteiger partial charge in [-0.15, -0.1) is 0 Å². The van der Waals surface area contributed by atoms with Gasteiger partial charge in [-0.2, -0.15) is 0 Å². The third-order valence-electron chi connectivity index (χ3n) is 1.71. The highest BCUT2D eigenvalue weighted by molar-refractivity contribution is 7.56. The third kappa shape index (κ3) is 3.98. The molecule has 0 saturated heterocycles. The quantitative estimate of drug-likeness (QED) is 0.323. The summed E-state index contributed by atoms with van der Waals surface area (Å²) in [4.78, 5) is 2.52. The molecule has 16 heavy (non-hydrogen) atoms. The first-order valence-electron chi connectivity index (χ1n) is 4.18. The summed E-state index contributed by atoms with van der Waals surface area (Å²) >= 11 is 0. The monoisotopic (exact) mass is 244 g/mol. The molecule has 0 aromatic heterocycles. The molecular weight excluding hydrogens is 234 g/mol. The Hall–Kier alpha value is -1.43. The molecule has 1 aromatic carbocycles. The normalized spacial score (nSPS) is 10.9. The first-order chi connectivity index (χ1) is 7.42. The van der Waals surface area contributed by atoms with Gasteiger partial charge in [0.15, 0.2) is 0 Å². The van der Waals surface area contributed by atoms with Crippen LogP contribution in [0.15, 0.2) is 23.3 Å². The fraction of sp³-hybridized carbons (Fsp3) is 0.143. The lowest BCUT2D eigenvalue weighted by Crippen LogP contribution is -2.22. The standard InChI is InChI=1S/C7H10FN6OP/c8-7-3-6(13-14-9)2-1-5(7)4-12-16(10,11)15/h1-3H,4H2,(H5,10,11,12,15). The van der Waals surface area contributed by atoms with Crippen LogP contribution >= 0.6 is 7.59 Å². The lowest BCUT2D eigenvalue weighted by Gasteiger charge is -2.09. The van der Waals surface area contributed by atoms with Gasteiger partial charge in [0, 0.05) is 22.7 Å². The summed E-state index contributed by atoms with van der Waals surface area (Å²) in [5.41, 5.74) is 18.6. The molecule has 0 atom stereocenters. The van der Waals surface area contributed by atoms with Gasteiger partial charge in [-0.3, -0.25) is 15.6 Å². The molecule has 1 aromatic rings. The summed E-state index contributed by atoms with van der Waals surface area (Å²) < 4.78 is 24.3. The molecule has 0 heterocycles. The molecular formula is C7H10FN6OP. The second kappa shape index (κ2) is 5.07. The summed E-state index contributed by atoms with van der Waals surface area (Å²) in [6, 6.07) is 3.88. The van der Waals surface area contributed by atoms with Crippen molar-refractivity contribution in [2.75, 3.05) is 0 Å². The van der Waals surface area contributed by atoms with Crippen LogP contribution < -0.4 is 16.1 Å². The van der Waals surface area contributed by atoms with Crippen molar-refractivity contribution in [2.45, 2.75) is 6.54 Å². The lowest BCUT2D eigenvalue weighted by molar-refractivity contribution is 0.562. The number of nitrogens with two attached hydrogens (primary N) is 2. The van der Waals surface area contributed by atoms with Crippen molar-refractivity contribution in [3.05, 3.63) is 40.0 Å². The largest absolute Gasteiger partial charge is 0.274 e. The van der Waals surface area contributed by atoms with Crippen molar-refractivity contribution in [1.82, 2.24) is 5.09 Å². The Balaban J connectivity index is 2.83. The number of hydrogen-bond acceptors (Lipinski definition) is 2. The van der Waals surface area contributed by atoms with E-state index in [4.69, 9.17) is 16.5 Å². The van der Waals surface area contributed by atoms with Crippen molar-refractivity contribution in [3.8, 4) is 0 Å². The predicted molar refractivity (Wildman–Crippen MR) is 58.0 cm³/mol. The molecule has 0 aliphatic rings. The Labute approximate surface area is 90.8 Å². The fourth-order valence-electron chi connectivity index (χ4n) is 1.00. The zero-order valence-corrected chi connectivity index (χ0v) is 9.06. The average molecular weight is 244 g/mol. The van der Waals surface area contributed by atoms with E-state index in [0.29, 0.717) is 0 Å². The van der Waals surface area contributed by atoms with Crippen molar-refractivity contribution < 1.29 is 8.96 Å². The van der Waals surface area contributed by atoms with Crippen molar-refractivity contribution in [3.63, 3.8) is 0 Å². The maximum atomic E-state index is 13.4. The highest BCUT2D eigenvalue weighted by atomic mass is 31.2. The summed E-state index contributed by atoms with van der Waals surface area (Å²) in [5.74, 6) is -0.592. The van der Waals surface area contributed by atoms with Gasteiger partial charge in [-0.1, -0.05) is 17.2 Å². The second-order valence-corrected chi connectivity index (χ2v) is 4.74. The molecule has 86 valence electrons. The maximum Gasteiger partial charge on any atom is 0.274 e. The summed E-state index contributed by atoms with van der Waals surface area (Å²) in [5, 5.41) is 5.53. The van der Waals surface area contributed by atoms with Crippen LogP contribution in [0.25, 0.3) is 10.4 Å². The fourth-order valence-corrected chi connectivity index (χ4v) is 1.42. The van der Waals surface area contributed by atoms with Crippen LogP contribution in [0.3, 0.4) is 0 Å². The molecule has 0 amide bonds. The third-order valence-corrected chi connectivity index (χ3v) is 2.37.